The number of nitrogens with two attached hydrogens (primary N) is 1. The first-order chi connectivity index (χ1) is 13.1. The second-order valence-electron chi connectivity index (χ2n) is 5.55. The Hall–Kier alpha value is -2.82. The van der Waals surface area contributed by atoms with E-state index >= 15 is 0 Å². The van der Waals surface area contributed by atoms with Gasteiger partial charge in [-0.2, -0.15) is 0 Å². The van der Waals surface area contributed by atoms with Crippen LogP contribution in [0.25, 0.3) is 21.1 Å². The summed E-state index contributed by atoms with van der Waals surface area (Å²) in [5, 5.41) is 9.90. The van der Waals surface area contributed by atoms with Gasteiger partial charge in [-0.15, -0.1) is 34.0 Å². The van der Waals surface area contributed by atoms with Gasteiger partial charge in [-0.05, 0) is 17.5 Å². The minimum Gasteiger partial charge on any atom is -0.364 e. The molecule has 136 valence electrons. The number of aromatic nitrogens is 3. The molecule has 0 aliphatic heterocycles. The SMILES string of the molecule is NC(=O)c1cc(-c2csc(NC(=O)Cc3csc(-c4cccs4)n3)n2)c[nH]1. The second kappa shape index (κ2) is 7.43. The van der Waals surface area contributed by atoms with E-state index in [0.717, 1.165) is 21.1 Å². The summed E-state index contributed by atoms with van der Waals surface area (Å²) in [4.78, 5) is 36.2. The molecule has 4 heterocycles. The number of amides is 2. The number of nitrogens with one attached hydrogen (secondary N) is 2. The minimum absolute atomic E-state index is 0.175. The topological polar surface area (TPSA) is 114 Å². The maximum atomic E-state index is 12.3. The molecule has 0 aliphatic carbocycles. The van der Waals surface area contributed by atoms with Crippen LogP contribution in [0.4, 0.5) is 5.13 Å². The van der Waals surface area contributed by atoms with Crippen molar-refractivity contribution in [3.8, 4) is 21.1 Å². The molecule has 0 radical (unpaired) electrons. The zero-order valence-corrected chi connectivity index (χ0v) is 16.2. The third-order valence-corrected chi connectivity index (χ3v) is 6.31. The molecule has 10 heteroatoms. The zero-order valence-electron chi connectivity index (χ0n) is 13.8. The van der Waals surface area contributed by atoms with Crippen LogP contribution >= 0.6 is 34.0 Å². The highest BCUT2D eigenvalue weighted by atomic mass is 32.1. The molecule has 0 saturated carbocycles. The average Bonchev–Trinajstić information content (AvgIpc) is 3.41. The van der Waals surface area contributed by atoms with Crippen molar-refractivity contribution in [2.75, 3.05) is 5.32 Å². The summed E-state index contributed by atoms with van der Waals surface area (Å²) >= 11 is 4.46. The molecule has 0 fully saturated rings. The first-order valence-corrected chi connectivity index (χ1v) is 10.4. The summed E-state index contributed by atoms with van der Waals surface area (Å²) in [6.45, 7) is 0. The third kappa shape index (κ3) is 3.97. The van der Waals surface area contributed by atoms with Crippen molar-refractivity contribution < 1.29 is 9.59 Å². The largest absolute Gasteiger partial charge is 0.364 e. The predicted octanol–water partition coefficient (Wildman–Crippen LogP) is 3.60. The molecule has 0 saturated heterocycles. The van der Waals surface area contributed by atoms with E-state index in [2.05, 4.69) is 20.3 Å². The predicted molar refractivity (Wildman–Crippen MR) is 108 cm³/mol. The van der Waals surface area contributed by atoms with Crippen LogP contribution in [-0.2, 0) is 11.2 Å². The number of thiazole rings is 2. The first-order valence-electron chi connectivity index (χ1n) is 7.81. The minimum atomic E-state index is -0.532. The van der Waals surface area contributed by atoms with Gasteiger partial charge in [0.25, 0.3) is 5.91 Å². The van der Waals surface area contributed by atoms with Gasteiger partial charge in [-0.25, -0.2) is 9.97 Å². The highest BCUT2D eigenvalue weighted by Crippen LogP contribution is 2.28. The average molecular weight is 416 g/mol. The summed E-state index contributed by atoms with van der Waals surface area (Å²) in [6, 6.07) is 5.62. The van der Waals surface area contributed by atoms with Gasteiger partial charge in [0.05, 0.1) is 22.7 Å². The van der Waals surface area contributed by atoms with Gasteiger partial charge in [0.1, 0.15) is 10.7 Å². The lowest BCUT2D eigenvalue weighted by Crippen LogP contribution is -2.14. The molecule has 7 nitrogen and oxygen atoms in total. The maximum Gasteiger partial charge on any atom is 0.265 e. The molecule has 2 amide bonds. The Balaban J connectivity index is 1.40. The van der Waals surface area contributed by atoms with Crippen molar-refractivity contribution in [1.29, 1.82) is 0 Å². The Labute approximate surface area is 165 Å². The van der Waals surface area contributed by atoms with Crippen LogP contribution in [0.1, 0.15) is 16.2 Å². The number of anilines is 1. The first kappa shape index (κ1) is 17.6. The van der Waals surface area contributed by atoms with Gasteiger partial charge in [-0.1, -0.05) is 6.07 Å². The maximum absolute atomic E-state index is 12.3. The molecule has 4 rings (SSSR count). The Morgan fingerprint density at radius 1 is 1.19 bits per heavy atom. The molecule has 27 heavy (non-hydrogen) atoms. The van der Waals surface area contributed by atoms with E-state index in [1.807, 2.05) is 22.9 Å². The van der Waals surface area contributed by atoms with E-state index in [1.54, 1.807) is 29.0 Å². The molecule has 4 aromatic heterocycles. The number of hydrogen-bond donors (Lipinski definition) is 3. The summed E-state index contributed by atoms with van der Waals surface area (Å²) in [5.74, 6) is -0.707. The van der Waals surface area contributed by atoms with Crippen molar-refractivity contribution in [2.45, 2.75) is 6.42 Å². The highest BCUT2D eigenvalue weighted by Gasteiger charge is 2.13. The Morgan fingerprint density at radius 3 is 2.81 bits per heavy atom. The van der Waals surface area contributed by atoms with Crippen LogP contribution in [-0.4, -0.2) is 26.8 Å². The fourth-order valence-corrected chi connectivity index (χ4v) is 4.75. The van der Waals surface area contributed by atoms with Crippen molar-refractivity contribution in [2.24, 2.45) is 5.73 Å². The van der Waals surface area contributed by atoms with Crippen LogP contribution in [0.3, 0.4) is 0 Å². The molecule has 0 bridgehead atoms. The number of carbonyl (C=O) groups is 2. The lowest BCUT2D eigenvalue weighted by molar-refractivity contribution is -0.115. The fourth-order valence-electron chi connectivity index (χ4n) is 2.38. The molecule has 4 aromatic rings. The second-order valence-corrected chi connectivity index (χ2v) is 8.21. The van der Waals surface area contributed by atoms with Crippen LogP contribution in [0.15, 0.2) is 40.5 Å². The zero-order chi connectivity index (χ0) is 18.8. The van der Waals surface area contributed by atoms with E-state index in [-0.39, 0.29) is 12.3 Å². The van der Waals surface area contributed by atoms with E-state index < -0.39 is 5.91 Å². The van der Waals surface area contributed by atoms with Gasteiger partial charge in [-0.3, -0.25) is 9.59 Å². The normalized spacial score (nSPS) is 10.8. The van der Waals surface area contributed by atoms with Crippen LogP contribution in [0.5, 0.6) is 0 Å². The smallest absolute Gasteiger partial charge is 0.265 e. The molecule has 0 aliphatic rings. The van der Waals surface area contributed by atoms with E-state index in [0.29, 0.717) is 16.5 Å². The molecular formula is C17H13N5O2S3. The number of thiophene rings is 1. The lowest BCUT2D eigenvalue weighted by atomic mass is 10.2. The van der Waals surface area contributed by atoms with Gasteiger partial charge in [0.2, 0.25) is 5.91 Å². The van der Waals surface area contributed by atoms with Gasteiger partial charge in [0, 0.05) is 22.5 Å². The van der Waals surface area contributed by atoms with E-state index in [4.69, 9.17) is 5.73 Å². The molecule has 0 unspecified atom stereocenters. The summed E-state index contributed by atoms with van der Waals surface area (Å²) in [7, 11) is 0. The van der Waals surface area contributed by atoms with Crippen molar-refractivity contribution in [3.05, 3.63) is 51.9 Å². The summed E-state index contributed by atoms with van der Waals surface area (Å²) in [5.41, 5.74) is 7.67. The monoisotopic (exact) mass is 415 g/mol. The number of hydrogen-bond acceptors (Lipinski definition) is 7. The quantitative estimate of drug-likeness (QED) is 0.446. The van der Waals surface area contributed by atoms with Gasteiger partial charge in [0.15, 0.2) is 5.13 Å². The fraction of sp³-hybridized carbons (Fsp3) is 0.0588. The van der Waals surface area contributed by atoms with Gasteiger partial charge < -0.3 is 16.0 Å². The molecular weight excluding hydrogens is 402 g/mol. The van der Waals surface area contributed by atoms with E-state index in [9.17, 15) is 9.59 Å². The standard InChI is InChI=1S/C17H13N5O2S3/c18-15(24)11-4-9(6-19-11)12-8-27-17(21-12)22-14(23)5-10-7-26-16(20-10)13-2-1-3-25-13/h1-4,6-8,19H,5H2,(H2,18,24)(H,21,22,23). The molecule has 4 N–H and O–H groups in total. The third-order valence-electron chi connectivity index (χ3n) is 3.62. The number of primary amides is 1. The van der Waals surface area contributed by atoms with Gasteiger partial charge >= 0.3 is 0 Å². The lowest BCUT2D eigenvalue weighted by Gasteiger charge is -1.99. The Morgan fingerprint density at radius 2 is 2.07 bits per heavy atom. The number of aromatic amines is 1. The summed E-state index contributed by atoms with van der Waals surface area (Å²) < 4.78 is 0. The number of carbonyl (C=O) groups excluding carboxylic acids is 2. The van der Waals surface area contributed by atoms with Crippen molar-refractivity contribution in [1.82, 2.24) is 15.0 Å². The molecule has 0 aromatic carbocycles. The van der Waals surface area contributed by atoms with Crippen molar-refractivity contribution in [3.63, 3.8) is 0 Å². The van der Waals surface area contributed by atoms with Crippen molar-refractivity contribution >= 4 is 51.0 Å². The number of nitrogens with zero attached hydrogens (tertiary/aromatic N) is 2. The van der Waals surface area contributed by atoms with Crippen LogP contribution < -0.4 is 11.1 Å². The Kier molecular flexibility index (Phi) is 4.84. The highest BCUT2D eigenvalue weighted by molar-refractivity contribution is 7.20. The molecule has 0 atom stereocenters. The molecule has 0 spiro atoms. The Bertz CT molecular complexity index is 1090. The van der Waals surface area contributed by atoms with Crippen LogP contribution in [0.2, 0.25) is 0 Å². The van der Waals surface area contributed by atoms with E-state index in [1.165, 1.54) is 22.7 Å². The number of H-pyrrole nitrogens is 1. The van der Waals surface area contributed by atoms with Crippen LogP contribution in [0, 0.1) is 0 Å². The summed E-state index contributed by atoms with van der Waals surface area (Å²) in [6.07, 6.45) is 1.84. The number of rotatable bonds is 6.